The first-order valence-corrected chi connectivity index (χ1v) is 20.0. The minimum absolute atomic E-state index is 0.340. The summed E-state index contributed by atoms with van der Waals surface area (Å²) in [6.07, 6.45) is 36.9. The Kier molecular flexibility index (Phi) is 26.1. The zero-order valence-corrected chi connectivity index (χ0v) is 27.9. The number of hydrogen-bond acceptors (Lipinski definition) is 2. The number of carbonyl (C=O) groups is 1. The van der Waals surface area contributed by atoms with Crippen LogP contribution >= 0.6 is 0 Å². The van der Waals surface area contributed by atoms with E-state index in [9.17, 15) is 9.90 Å². The molecular weight excluding hydrogens is 496 g/mol. The fourth-order valence-electron chi connectivity index (χ4n) is 6.85. The highest BCUT2D eigenvalue weighted by Crippen LogP contribution is 2.39. The molecule has 0 aromatic carbocycles. The molecular formula is C35H70O3Si. The number of carboxylic acid groups (broad SMARTS) is 1. The van der Waals surface area contributed by atoms with Crippen LogP contribution in [0.1, 0.15) is 194 Å². The number of rotatable bonds is 29. The molecule has 1 saturated heterocycles. The molecule has 0 spiro atoms. The molecule has 0 amide bonds. The smallest absolute Gasteiger partial charge is 0.303 e. The van der Waals surface area contributed by atoms with Crippen LogP contribution in [0.15, 0.2) is 0 Å². The zero-order chi connectivity index (χ0) is 28.2. The molecule has 3 nitrogen and oxygen atoms in total. The molecule has 0 radical (unpaired) electrons. The summed E-state index contributed by atoms with van der Waals surface area (Å²) in [6, 6.07) is 1.36. The summed E-state index contributed by atoms with van der Waals surface area (Å²) in [5.74, 6) is 0.0806. The van der Waals surface area contributed by atoms with E-state index in [0.29, 0.717) is 12.3 Å². The van der Waals surface area contributed by atoms with E-state index in [-0.39, 0.29) is 0 Å². The van der Waals surface area contributed by atoms with Crippen molar-refractivity contribution < 1.29 is 14.3 Å². The molecule has 1 rings (SSSR count). The topological polar surface area (TPSA) is 46.5 Å². The summed E-state index contributed by atoms with van der Waals surface area (Å²) in [7, 11) is -1.18. The second-order valence-corrected chi connectivity index (χ2v) is 15.8. The summed E-state index contributed by atoms with van der Waals surface area (Å²) in [5, 5.41) is 9.28. The van der Waals surface area contributed by atoms with E-state index in [0.717, 1.165) is 25.0 Å². The highest BCUT2D eigenvalue weighted by Gasteiger charge is 2.32. The van der Waals surface area contributed by atoms with Crippen molar-refractivity contribution in [3.63, 3.8) is 0 Å². The molecule has 1 aliphatic heterocycles. The second-order valence-electron chi connectivity index (χ2n) is 12.9. The van der Waals surface area contributed by atoms with Gasteiger partial charge in [-0.2, -0.15) is 0 Å². The van der Waals surface area contributed by atoms with Crippen molar-refractivity contribution >= 4 is 15.0 Å². The third-order valence-corrected chi connectivity index (χ3v) is 12.8. The Balaban J connectivity index is 2.42. The van der Waals surface area contributed by atoms with Gasteiger partial charge in [-0.25, -0.2) is 0 Å². The molecule has 1 heterocycles. The standard InChI is InChI=1S/C35H70O3Si/c1-3-5-7-9-11-13-15-16-18-20-22-27-33(28-26-30-35(36)37)34(39-32-25-24-31-38-39)29-23-21-19-17-14-12-10-8-6-4-2/h33-34,39H,3-32H2,1-2H3,(H,36,37). The molecule has 0 aromatic rings. The molecule has 0 aromatic heterocycles. The Bertz CT molecular complexity index is 520. The lowest BCUT2D eigenvalue weighted by Crippen LogP contribution is -2.33. The highest BCUT2D eigenvalue weighted by molar-refractivity contribution is 6.53. The fourth-order valence-corrected chi connectivity index (χ4v) is 10.5. The van der Waals surface area contributed by atoms with Gasteiger partial charge in [-0.05, 0) is 36.8 Å². The van der Waals surface area contributed by atoms with E-state index in [4.69, 9.17) is 4.43 Å². The van der Waals surface area contributed by atoms with Crippen molar-refractivity contribution in [1.82, 2.24) is 0 Å². The molecule has 3 unspecified atom stereocenters. The summed E-state index contributed by atoms with van der Waals surface area (Å²) >= 11 is 0. The largest absolute Gasteiger partial charge is 0.481 e. The van der Waals surface area contributed by atoms with E-state index in [1.807, 2.05) is 0 Å². The lowest BCUT2D eigenvalue weighted by molar-refractivity contribution is -0.137. The van der Waals surface area contributed by atoms with Gasteiger partial charge in [-0.15, -0.1) is 0 Å². The maximum atomic E-state index is 11.3. The van der Waals surface area contributed by atoms with Crippen molar-refractivity contribution in [3.05, 3.63) is 0 Å². The van der Waals surface area contributed by atoms with Crippen LogP contribution in [0.3, 0.4) is 0 Å². The predicted molar refractivity (Wildman–Crippen MR) is 173 cm³/mol. The SMILES string of the molecule is CCCCCCCCCCCCCC(CCCC(=O)O)C(CCCCCCCCCCCC)[SiH]1CCCCO1. The highest BCUT2D eigenvalue weighted by atomic mass is 28.3. The lowest BCUT2D eigenvalue weighted by atomic mass is 9.89. The van der Waals surface area contributed by atoms with Crippen molar-refractivity contribution in [1.29, 1.82) is 0 Å². The van der Waals surface area contributed by atoms with Crippen molar-refractivity contribution in [2.24, 2.45) is 5.92 Å². The Labute approximate surface area is 246 Å². The van der Waals surface area contributed by atoms with Gasteiger partial charge in [-0.3, -0.25) is 4.79 Å². The minimum Gasteiger partial charge on any atom is -0.481 e. The van der Waals surface area contributed by atoms with Gasteiger partial charge in [0, 0.05) is 13.0 Å². The second kappa shape index (κ2) is 27.8. The van der Waals surface area contributed by atoms with Crippen LogP contribution in [0.25, 0.3) is 0 Å². The summed E-state index contributed by atoms with van der Waals surface area (Å²) in [4.78, 5) is 11.3. The fraction of sp³-hybridized carbons (Fsp3) is 0.971. The van der Waals surface area contributed by atoms with E-state index in [2.05, 4.69) is 13.8 Å². The number of carboxylic acids is 1. The number of unbranched alkanes of at least 4 members (excludes halogenated alkanes) is 19. The van der Waals surface area contributed by atoms with Crippen LogP contribution in [0.4, 0.5) is 0 Å². The number of aliphatic carboxylic acids is 1. The van der Waals surface area contributed by atoms with Gasteiger partial charge in [0.15, 0.2) is 9.04 Å². The van der Waals surface area contributed by atoms with E-state index < -0.39 is 15.0 Å². The van der Waals surface area contributed by atoms with Gasteiger partial charge in [-0.1, -0.05) is 168 Å². The first-order valence-electron chi connectivity index (χ1n) is 18.0. The van der Waals surface area contributed by atoms with Gasteiger partial charge >= 0.3 is 5.97 Å². The molecule has 1 fully saturated rings. The molecule has 0 saturated carbocycles. The molecule has 4 heteroatoms. The van der Waals surface area contributed by atoms with Gasteiger partial charge in [0.05, 0.1) is 0 Å². The monoisotopic (exact) mass is 567 g/mol. The van der Waals surface area contributed by atoms with Crippen molar-refractivity contribution in [2.45, 2.75) is 205 Å². The Morgan fingerprint density at radius 2 is 1.05 bits per heavy atom. The predicted octanol–water partition coefficient (Wildman–Crippen LogP) is 11.8. The zero-order valence-electron chi connectivity index (χ0n) is 26.7. The summed E-state index contributed by atoms with van der Waals surface area (Å²) < 4.78 is 6.52. The van der Waals surface area contributed by atoms with E-state index in [1.54, 1.807) is 0 Å². The first-order chi connectivity index (χ1) is 19.2. The quantitative estimate of drug-likeness (QED) is 0.0723. The molecule has 1 aliphatic rings. The summed E-state index contributed by atoms with van der Waals surface area (Å²) in [6.45, 7) is 5.58. The van der Waals surface area contributed by atoms with Crippen LogP contribution in [-0.4, -0.2) is 26.7 Å². The Morgan fingerprint density at radius 1 is 0.615 bits per heavy atom. The average Bonchev–Trinajstić information content (AvgIpc) is 2.94. The van der Waals surface area contributed by atoms with Gasteiger partial charge in [0.2, 0.25) is 0 Å². The molecule has 0 aliphatic carbocycles. The maximum absolute atomic E-state index is 11.3. The summed E-state index contributed by atoms with van der Waals surface area (Å²) in [5.41, 5.74) is 0.774. The van der Waals surface area contributed by atoms with Crippen LogP contribution in [0.5, 0.6) is 0 Å². The Hall–Kier alpha value is -0.353. The average molecular weight is 567 g/mol. The van der Waals surface area contributed by atoms with Gasteiger partial charge in [0.25, 0.3) is 0 Å². The first kappa shape index (κ1) is 36.7. The van der Waals surface area contributed by atoms with Crippen LogP contribution in [0.2, 0.25) is 11.6 Å². The third kappa shape index (κ3) is 22.0. The molecule has 1 N–H and O–H groups in total. The van der Waals surface area contributed by atoms with Crippen molar-refractivity contribution in [2.75, 3.05) is 6.61 Å². The van der Waals surface area contributed by atoms with Crippen LogP contribution < -0.4 is 0 Å². The lowest BCUT2D eigenvalue weighted by Gasteiger charge is -2.35. The van der Waals surface area contributed by atoms with Crippen LogP contribution in [-0.2, 0) is 9.22 Å². The van der Waals surface area contributed by atoms with Crippen LogP contribution in [0, 0.1) is 5.92 Å². The van der Waals surface area contributed by atoms with Crippen molar-refractivity contribution in [3.8, 4) is 0 Å². The Morgan fingerprint density at radius 3 is 1.49 bits per heavy atom. The van der Waals surface area contributed by atoms with Gasteiger partial charge < -0.3 is 9.53 Å². The molecule has 232 valence electrons. The van der Waals surface area contributed by atoms with E-state index in [1.165, 1.54) is 167 Å². The van der Waals surface area contributed by atoms with Gasteiger partial charge in [0.1, 0.15) is 0 Å². The number of hydrogen-bond donors (Lipinski definition) is 1. The molecule has 39 heavy (non-hydrogen) atoms. The normalized spacial score (nSPS) is 17.3. The molecule has 3 atom stereocenters. The maximum Gasteiger partial charge on any atom is 0.303 e. The minimum atomic E-state index is -1.18. The molecule has 0 bridgehead atoms. The van der Waals surface area contributed by atoms with E-state index >= 15 is 0 Å². The third-order valence-electron chi connectivity index (χ3n) is 9.33.